The van der Waals surface area contributed by atoms with Crippen molar-refractivity contribution in [2.45, 2.75) is 0 Å². The van der Waals surface area contributed by atoms with Gasteiger partial charge in [-0.1, -0.05) is 29.3 Å². The zero-order valence-corrected chi connectivity index (χ0v) is 7.47. The van der Waals surface area contributed by atoms with E-state index in [1.54, 1.807) is 23.7 Å². The molecule has 64 valence electrons. The molecule has 1 aromatic rings. The molecular formula is C7H6Cl2N2O. The first-order valence-electron chi connectivity index (χ1n) is 3.12. The molecule has 0 radical (unpaired) electrons. The molecule has 0 atom stereocenters. The van der Waals surface area contributed by atoms with E-state index in [0.29, 0.717) is 15.7 Å². The molecule has 0 spiro atoms. The fourth-order valence-corrected chi connectivity index (χ4v) is 1.20. The molecule has 2 N–H and O–H groups in total. The molecule has 5 heteroatoms. The first-order chi connectivity index (χ1) is 5.75. The molecule has 12 heavy (non-hydrogen) atoms. The number of rotatable bonds is 2. The molecule has 0 bridgehead atoms. The molecule has 0 aromatic heterocycles. The van der Waals surface area contributed by atoms with E-state index >= 15 is 0 Å². The Morgan fingerprint density at radius 2 is 1.92 bits per heavy atom. The van der Waals surface area contributed by atoms with E-state index in [1.807, 2.05) is 0 Å². The maximum absolute atomic E-state index is 8.22. The van der Waals surface area contributed by atoms with Gasteiger partial charge < -0.3 is 0 Å². The fraction of sp³-hybridized carbons (Fsp3) is 0. The van der Waals surface area contributed by atoms with Crippen molar-refractivity contribution in [1.29, 1.82) is 0 Å². The molecule has 0 saturated carbocycles. The van der Waals surface area contributed by atoms with Crippen molar-refractivity contribution in [3.05, 3.63) is 28.2 Å². The van der Waals surface area contributed by atoms with Gasteiger partial charge in [0.1, 0.15) is 12.0 Å². The van der Waals surface area contributed by atoms with Crippen LogP contribution in [-0.4, -0.2) is 11.5 Å². The Kier molecular flexibility index (Phi) is 3.34. The van der Waals surface area contributed by atoms with Crippen molar-refractivity contribution in [2.24, 2.45) is 4.99 Å². The molecule has 3 nitrogen and oxygen atoms in total. The second-order valence-electron chi connectivity index (χ2n) is 1.96. The minimum absolute atomic E-state index is 0.433. The Hall–Kier alpha value is -0.770. The molecule has 0 heterocycles. The average Bonchev–Trinajstić information content (AvgIpc) is 2.04. The van der Waals surface area contributed by atoms with Crippen molar-refractivity contribution < 1.29 is 5.21 Å². The largest absolute Gasteiger partial charge is 0.290 e. The van der Waals surface area contributed by atoms with Crippen molar-refractivity contribution in [3.63, 3.8) is 0 Å². The van der Waals surface area contributed by atoms with E-state index < -0.39 is 0 Å². The first-order valence-corrected chi connectivity index (χ1v) is 3.87. The van der Waals surface area contributed by atoms with Gasteiger partial charge in [0.2, 0.25) is 0 Å². The van der Waals surface area contributed by atoms with E-state index in [4.69, 9.17) is 28.4 Å². The number of benzene rings is 1. The number of hydrogen-bond donors (Lipinski definition) is 2. The molecule has 0 aliphatic carbocycles. The fourth-order valence-electron chi connectivity index (χ4n) is 0.706. The van der Waals surface area contributed by atoms with E-state index in [9.17, 15) is 0 Å². The second-order valence-corrected chi connectivity index (χ2v) is 2.77. The minimum atomic E-state index is 0.433. The van der Waals surface area contributed by atoms with E-state index in [1.165, 1.54) is 0 Å². The summed E-state index contributed by atoms with van der Waals surface area (Å²) in [6.07, 6.45) is 1.09. The maximum atomic E-state index is 8.22. The summed E-state index contributed by atoms with van der Waals surface area (Å²) < 4.78 is 0. The monoisotopic (exact) mass is 204 g/mol. The summed E-state index contributed by atoms with van der Waals surface area (Å²) in [4.78, 5) is 3.77. The van der Waals surface area contributed by atoms with Gasteiger partial charge in [-0.05, 0) is 12.1 Å². The third-order valence-electron chi connectivity index (χ3n) is 1.19. The van der Waals surface area contributed by atoms with Gasteiger partial charge in [0.25, 0.3) is 0 Å². The van der Waals surface area contributed by atoms with Crippen LogP contribution in [0.5, 0.6) is 0 Å². The molecule has 1 aromatic carbocycles. The molecule has 0 aliphatic rings. The number of hydrogen-bond acceptors (Lipinski definition) is 2. The highest BCUT2D eigenvalue weighted by atomic mass is 35.5. The van der Waals surface area contributed by atoms with Gasteiger partial charge in [-0.25, -0.2) is 4.99 Å². The van der Waals surface area contributed by atoms with Crippen LogP contribution in [0.15, 0.2) is 23.2 Å². The van der Waals surface area contributed by atoms with E-state index in [2.05, 4.69) is 4.99 Å². The van der Waals surface area contributed by atoms with Crippen LogP contribution in [0.4, 0.5) is 5.69 Å². The Balaban J connectivity index is 3.04. The zero-order valence-electron chi connectivity index (χ0n) is 5.96. The van der Waals surface area contributed by atoms with Gasteiger partial charge in [0, 0.05) is 0 Å². The highest BCUT2D eigenvalue weighted by molar-refractivity contribution is 6.38. The summed E-state index contributed by atoms with van der Waals surface area (Å²) in [6, 6.07) is 5.05. The Labute approximate surface area is 79.6 Å². The average molecular weight is 205 g/mol. The predicted octanol–water partition coefficient (Wildman–Crippen LogP) is 2.63. The normalized spacial score (nSPS) is 10.6. The second kappa shape index (κ2) is 4.30. The number of hydroxylamine groups is 1. The summed E-state index contributed by atoms with van der Waals surface area (Å²) in [5.74, 6) is 0. The third kappa shape index (κ3) is 2.11. The van der Waals surface area contributed by atoms with Gasteiger partial charge in [-0.3, -0.25) is 10.7 Å². The van der Waals surface area contributed by atoms with Crippen LogP contribution in [-0.2, 0) is 0 Å². The molecule has 0 fully saturated rings. The number of aliphatic imine (C=N–C) groups is 1. The maximum Gasteiger partial charge on any atom is 0.113 e. The minimum Gasteiger partial charge on any atom is -0.290 e. The Morgan fingerprint density at radius 1 is 1.33 bits per heavy atom. The lowest BCUT2D eigenvalue weighted by Crippen LogP contribution is -2.00. The van der Waals surface area contributed by atoms with Gasteiger partial charge in [0.15, 0.2) is 0 Å². The molecule has 0 aliphatic heterocycles. The lowest BCUT2D eigenvalue weighted by molar-refractivity contribution is 0.240. The standard InChI is InChI=1S/C7H6Cl2N2O/c8-5-2-1-3-6(9)7(5)10-4-11-12/h1-4,12H,(H,10,11). The van der Waals surface area contributed by atoms with Crippen LogP contribution < -0.4 is 5.48 Å². The quantitative estimate of drug-likeness (QED) is 0.442. The summed E-state index contributed by atoms with van der Waals surface area (Å²) in [5, 5.41) is 9.10. The smallest absolute Gasteiger partial charge is 0.113 e. The van der Waals surface area contributed by atoms with Gasteiger partial charge in [-0.2, -0.15) is 0 Å². The van der Waals surface area contributed by atoms with Gasteiger partial charge in [0.05, 0.1) is 10.0 Å². The van der Waals surface area contributed by atoms with Crippen molar-refractivity contribution in [3.8, 4) is 0 Å². The zero-order chi connectivity index (χ0) is 8.97. The lowest BCUT2D eigenvalue weighted by atomic mass is 10.3. The van der Waals surface area contributed by atoms with Crippen LogP contribution in [0.3, 0.4) is 0 Å². The number of nitrogens with zero attached hydrogens (tertiary/aromatic N) is 1. The highest BCUT2D eigenvalue weighted by Crippen LogP contribution is 2.31. The van der Waals surface area contributed by atoms with Crippen LogP contribution in [0.25, 0.3) is 0 Å². The van der Waals surface area contributed by atoms with Crippen molar-refractivity contribution in [1.82, 2.24) is 5.48 Å². The summed E-state index contributed by atoms with van der Waals surface area (Å²) in [7, 11) is 0. The third-order valence-corrected chi connectivity index (χ3v) is 1.80. The Morgan fingerprint density at radius 3 is 2.42 bits per heavy atom. The van der Waals surface area contributed by atoms with Crippen LogP contribution in [0.2, 0.25) is 10.0 Å². The van der Waals surface area contributed by atoms with Crippen LogP contribution in [0, 0.1) is 0 Å². The summed E-state index contributed by atoms with van der Waals surface area (Å²) in [6.45, 7) is 0. The van der Waals surface area contributed by atoms with Crippen molar-refractivity contribution in [2.75, 3.05) is 0 Å². The number of para-hydroxylation sites is 1. The Bertz CT molecular complexity index is 281. The van der Waals surface area contributed by atoms with Crippen LogP contribution in [0.1, 0.15) is 0 Å². The van der Waals surface area contributed by atoms with Crippen LogP contribution >= 0.6 is 23.2 Å². The lowest BCUT2D eigenvalue weighted by Gasteiger charge is -1.98. The molecule has 1 rings (SSSR count). The molecule has 0 saturated heterocycles. The molecule has 0 unspecified atom stereocenters. The SMILES string of the molecule is ONC=Nc1c(Cl)cccc1Cl. The summed E-state index contributed by atoms with van der Waals surface area (Å²) >= 11 is 11.5. The number of halogens is 2. The topological polar surface area (TPSA) is 44.6 Å². The summed E-state index contributed by atoms with van der Waals surface area (Å²) in [5.41, 5.74) is 2.19. The molecular weight excluding hydrogens is 199 g/mol. The van der Waals surface area contributed by atoms with Gasteiger partial charge >= 0.3 is 0 Å². The molecule has 0 amide bonds. The first kappa shape index (κ1) is 9.32. The number of nitrogens with one attached hydrogen (secondary N) is 1. The van der Waals surface area contributed by atoms with E-state index in [0.717, 1.165) is 6.34 Å². The highest BCUT2D eigenvalue weighted by Gasteiger charge is 2.01. The predicted molar refractivity (Wildman–Crippen MR) is 49.5 cm³/mol. The van der Waals surface area contributed by atoms with Crippen molar-refractivity contribution >= 4 is 35.2 Å². The van der Waals surface area contributed by atoms with E-state index in [-0.39, 0.29) is 0 Å². The van der Waals surface area contributed by atoms with Gasteiger partial charge in [-0.15, -0.1) is 0 Å².